The van der Waals surface area contributed by atoms with Gasteiger partial charge in [-0.1, -0.05) is 90.9 Å². The van der Waals surface area contributed by atoms with Gasteiger partial charge >= 0.3 is 5.97 Å². The zero-order chi connectivity index (χ0) is 15.8. The van der Waals surface area contributed by atoms with E-state index in [-0.39, 0.29) is 6.42 Å². The molecule has 0 bridgehead atoms. The molecule has 0 aliphatic heterocycles. The summed E-state index contributed by atoms with van der Waals surface area (Å²) in [7, 11) is 0. The molecule has 0 aliphatic rings. The molecule has 0 amide bonds. The molecular weight excluding hydrogens is 260 g/mol. The van der Waals surface area contributed by atoms with Crippen LogP contribution in [0.2, 0.25) is 0 Å². The van der Waals surface area contributed by atoms with E-state index in [1.807, 2.05) is 0 Å². The van der Waals surface area contributed by atoms with Crippen LogP contribution in [0.5, 0.6) is 0 Å². The number of unbranched alkanes of at least 4 members (excludes halogenated alkanes) is 10. The summed E-state index contributed by atoms with van der Waals surface area (Å²) in [5.41, 5.74) is 0. The third kappa shape index (κ3) is 15.7. The summed E-state index contributed by atoms with van der Waals surface area (Å²) < 4.78 is 0. The summed E-state index contributed by atoms with van der Waals surface area (Å²) >= 11 is 0. The van der Waals surface area contributed by atoms with Gasteiger partial charge in [0.25, 0.3) is 0 Å². The molecule has 0 aromatic carbocycles. The second kappa shape index (κ2) is 15.9. The van der Waals surface area contributed by atoms with Crippen molar-refractivity contribution >= 4 is 5.97 Å². The minimum atomic E-state index is -0.864. The Morgan fingerprint density at radius 1 is 0.667 bits per heavy atom. The number of rotatable bonds is 16. The van der Waals surface area contributed by atoms with Crippen molar-refractivity contribution in [2.45, 2.75) is 110 Å². The monoisotopic (exact) mass is 297 g/mol. The largest absolute Gasteiger partial charge is 0.355 e. The molecule has 125 valence electrons. The molecule has 2 nitrogen and oxygen atoms in total. The number of carbonyl (C=O) groups excluding carboxylic acids is 1. The van der Waals surface area contributed by atoms with Crippen LogP contribution in [-0.4, -0.2) is 5.97 Å². The second-order valence-corrected chi connectivity index (χ2v) is 6.56. The van der Waals surface area contributed by atoms with E-state index < -0.39 is 5.97 Å². The van der Waals surface area contributed by atoms with Crippen LogP contribution in [0.1, 0.15) is 110 Å². The third-order valence-corrected chi connectivity index (χ3v) is 4.39. The van der Waals surface area contributed by atoms with Crippen molar-refractivity contribution in [3.05, 3.63) is 0 Å². The minimum absolute atomic E-state index is 0.268. The molecule has 1 radical (unpaired) electrons. The maximum atomic E-state index is 10.8. The van der Waals surface area contributed by atoms with E-state index in [4.69, 9.17) is 0 Å². The van der Waals surface area contributed by atoms with Crippen molar-refractivity contribution in [2.75, 3.05) is 0 Å². The summed E-state index contributed by atoms with van der Waals surface area (Å²) in [6, 6.07) is 0. The fourth-order valence-corrected chi connectivity index (χ4v) is 3.01. The number of hydrogen-bond acceptors (Lipinski definition) is 1. The fourth-order valence-electron chi connectivity index (χ4n) is 3.01. The van der Waals surface area contributed by atoms with Gasteiger partial charge in [0.2, 0.25) is 0 Å². The summed E-state index contributed by atoms with van der Waals surface area (Å²) in [5.74, 6) is -0.510. The van der Waals surface area contributed by atoms with Gasteiger partial charge in [-0.2, -0.15) is 0 Å². The van der Waals surface area contributed by atoms with Crippen molar-refractivity contribution in [3.8, 4) is 0 Å². The Kier molecular flexibility index (Phi) is 15.5. The van der Waals surface area contributed by atoms with E-state index in [0.29, 0.717) is 5.92 Å². The van der Waals surface area contributed by atoms with Crippen LogP contribution in [0.25, 0.3) is 0 Å². The molecule has 0 saturated heterocycles. The molecule has 0 N–H and O–H groups in total. The lowest BCUT2D eigenvalue weighted by atomic mass is 9.91. The molecule has 0 spiro atoms. The van der Waals surface area contributed by atoms with E-state index in [0.717, 1.165) is 12.8 Å². The Bertz CT molecular complexity index is 210. The normalized spacial score (nSPS) is 11.2. The highest BCUT2D eigenvalue weighted by molar-refractivity contribution is 5.66. The van der Waals surface area contributed by atoms with Crippen molar-refractivity contribution in [3.63, 3.8) is 0 Å². The standard InChI is InChI=1S/C19H37O2/c1-3-5-7-9-11-13-15-18(17-19(20)21)16-14-12-10-8-6-4-2/h18H,3-17H2,1-2H3. The quantitative estimate of drug-likeness (QED) is 0.301. The van der Waals surface area contributed by atoms with Crippen molar-refractivity contribution in [2.24, 2.45) is 5.92 Å². The molecule has 0 aromatic rings. The van der Waals surface area contributed by atoms with Gasteiger partial charge < -0.3 is 0 Å². The molecular formula is C19H37O2. The molecule has 21 heavy (non-hydrogen) atoms. The molecule has 2 heteroatoms. The Balaban J connectivity index is 3.64. The lowest BCUT2D eigenvalue weighted by Gasteiger charge is -2.14. The van der Waals surface area contributed by atoms with Crippen LogP contribution in [0, 0.1) is 5.92 Å². The first-order valence-corrected chi connectivity index (χ1v) is 9.40. The number of carbonyl (C=O) groups is 1. The van der Waals surface area contributed by atoms with Crippen LogP contribution < -0.4 is 0 Å². The molecule has 0 heterocycles. The van der Waals surface area contributed by atoms with E-state index in [9.17, 15) is 9.90 Å². The Morgan fingerprint density at radius 2 is 1.05 bits per heavy atom. The second-order valence-electron chi connectivity index (χ2n) is 6.56. The van der Waals surface area contributed by atoms with Crippen molar-refractivity contribution < 1.29 is 9.90 Å². The van der Waals surface area contributed by atoms with Crippen LogP contribution in [0.4, 0.5) is 0 Å². The topological polar surface area (TPSA) is 37.0 Å². The minimum Gasteiger partial charge on any atom is -0.247 e. The molecule has 0 atom stereocenters. The summed E-state index contributed by atoms with van der Waals surface area (Å²) in [6.07, 6.45) is 17.9. The predicted molar refractivity (Wildman–Crippen MR) is 89.8 cm³/mol. The molecule has 0 aromatic heterocycles. The summed E-state index contributed by atoms with van der Waals surface area (Å²) in [6.45, 7) is 4.47. The Morgan fingerprint density at radius 3 is 1.43 bits per heavy atom. The smallest absolute Gasteiger partial charge is 0.247 e. The van der Waals surface area contributed by atoms with Gasteiger partial charge in [-0.05, 0) is 18.8 Å². The molecule has 0 fully saturated rings. The Hall–Kier alpha value is -0.530. The van der Waals surface area contributed by atoms with Gasteiger partial charge in [0.15, 0.2) is 0 Å². The lowest BCUT2D eigenvalue weighted by molar-refractivity contribution is -0.144. The first kappa shape index (κ1) is 20.5. The van der Waals surface area contributed by atoms with Crippen LogP contribution in [-0.2, 0) is 9.90 Å². The van der Waals surface area contributed by atoms with Gasteiger partial charge in [-0.25, -0.2) is 9.90 Å². The highest BCUT2D eigenvalue weighted by Gasteiger charge is 2.13. The van der Waals surface area contributed by atoms with E-state index in [1.165, 1.54) is 77.0 Å². The van der Waals surface area contributed by atoms with Crippen LogP contribution >= 0.6 is 0 Å². The third-order valence-electron chi connectivity index (χ3n) is 4.39. The van der Waals surface area contributed by atoms with Gasteiger partial charge in [-0.15, -0.1) is 0 Å². The molecule has 0 rings (SSSR count). The summed E-state index contributed by atoms with van der Waals surface area (Å²) in [5, 5.41) is 10.8. The summed E-state index contributed by atoms with van der Waals surface area (Å²) in [4.78, 5) is 10.8. The first-order chi connectivity index (χ1) is 10.2. The maximum Gasteiger partial charge on any atom is 0.355 e. The van der Waals surface area contributed by atoms with Crippen molar-refractivity contribution in [1.82, 2.24) is 0 Å². The van der Waals surface area contributed by atoms with Crippen LogP contribution in [0.3, 0.4) is 0 Å². The van der Waals surface area contributed by atoms with E-state index in [2.05, 4.69) is 13.8 Å². The maximum absolute atomic E-state index is 10.8. The predicted octanol–water partition coefficient (Wildman–Crippen LogP) is 6.45. The Labute approximate surface area is 132 Å². The van der Waals surface area contributed by atoms with E-state index in [1.54, 1.807) is 0 Å². The molecule has 0 saturated carbocycles. The van der Waals surface area contributed by atoms with Gasteiger partial charge in [0, 0.05) is 0 Å². The average molecular weight is 298 g/mol. The van der Waals surface area contributed by atoms with Gasteiger partial charge in [0.1, 0.15) is 0 Å². The fraction of sp³-hybridized carbons (Fsp3) is 0.947. The van der Waals surface area contributed by atoms with Crippen LogP contribution in [0.15, 0.2) is 0 Å². The van der Waals surface area contributed by atoms with E-state index >= 15 is 0 Å². The van der Waals surface area contributed by atoms with Crippen molar-refractivity contribution in [1.29, 1.82) is 0 Å². The highest BCUT2D eigenvalue weighted by Crippen LogP contribution is 2.22. The highest BCUT2D eigenvalue weighted by atomic mass is 16.4. The number of hydrogen-bond donors (Lipinski definition) is 0. The lowest BCUT2D eigenvalue weighted by Crippen LogP contribution is -2.07. The SMILES string of the molecule is CCCCCCCCC(CCCCCCCC)CC([O])=O. The average Bonchev–Trinajstić information content (AvgIpc) is 2.45. The van der Waals surface area contributed by atoms with Gasteiger partial charge in [-0.3, -0.25) is 0 Å². The molecule has 0 aliphatic carbocycles. The zero-order valence-corrected chi connectivity index (χ0v) is 14.5. The molecule has 0 unspecified atom stereocenters. The zero-order valence-electron chi connectivity index (χ0n) is 14.5. The van der Waals surface area contributed by atoms with Gasteiger partial charge in [0.05, 0.1) is 6.42 Å². The first-order valence-electron chi connectivity index (χ1n) is 9.40.